The number of carbonyl (C=O) groups is 2. The highest BCUT2D eigenvalue weighted by Crippen LogP contribution is 2.07. The number of pyridine rings is 1. The van der Waals surface area contributed by atoms with Gasteiger partial charge >= 0.3 is 0 Å². The second-order valence-corrected chi connectivity index (χ2v) is 3.82. The summed E-state index contributed by atoms with van der Waals surface area (Å²) in [5.74, 6) is -0.0664. The van der Waals surface area contributed by atoms with E-state index in [1.807, 2.05) is 18.2 Å². The Morgan fingerprint density at radius 2 is 2.06 bits per heavy atom. The van der Waals surface area contributed by atoms with E-state index < -0.39 is 0 Å². The molecule has 5 nitrogen and oxygen atoms in total. The minimum absolute atomic E-state index is 0.0319. The number of likely N-dealkylation sites (N-methyl/N-ethyl adjacent to an activating group) is 1. The lowest BCUT2D eigenvalue weighted by atomic mass is 10.2. The maximum absolute atomic E-state index is 11.7. The molecule has 84 valence electrons. The van der Waals surface area contributed by atoms with E-state index in [2.05, 4.69) is 4.98 Å². The van der Waals surface area contributed by atoms with Gasteiger partial charge in [0.1, 0.15) is 6.54 Å². The molecule has 1 aliphatic rings. The van der Waals surface area contributed by atoms with Crippen molar-refractivity contribution in [3.63, 3.8) is 0 Å². The van der Waals surface area contributed by atoms with Gasteiger partial charge in [-0.2, -0.15) is 0 Å². The van der Waals surface area contributed by atoms with E-state index in [4.69, 9.17) is 0 Å². The highest BCUT2D eigenvalue weighted by Gasteiger charge is 2.27. The SMILES string of the molecule is CN1CC(=O)N(Cc2ccccn2)CC1=O. The van der Waals surface area contributed by atoms with Crippen molar-refractivity contribution in [3.8, 4) is 0 Å². The van der Waals surface area contributed by atoms with Gasteiger partial charge in [-0.3, -0.25) is 14.6 Å². The molecule has 0 saturated carbocycles. The molecule has 2 rings (SSSR count). The van der Waals surface area contributed by atoms with Crippen LogP contribution in [0.4, 0.5) is 0 Å². The second-order valence-electron chi connectivity index (χ2n) is 3.82. The molecule has 0 aromatic carbocycles. The van der Waals surface area contributed by atoms with E-state index >= 15 is 0 Å². The molecule has 5 heteroatoms. The molecule has 1 aromatic rings. The van der Waals surface area contributed by atoms with Gasteiger partial charge in [-0.1, -0.05) is 6.07 Å². The van der Waals surface area contributed by atoms with E-state index in [-0.39, 0.29) is 24.9 Å². The number of amides is 2. The molecule has 1 saturated heterocycles. The summed E-state index contributed by atoms with van der Waals surface area (Å²) in [5.41, 5.74) is 0.799. The molecule has 0 aliphatic carbocycles. The monoisotopic (exact) mass is 219 g/mol. The van der Waals surface area contributed by atoms with Gasteiger partial charge in [0.25, 0.3) is 0 Å². The standard InChI is InChI=1S/C11H13N3O2/c1-13-7-11(16)14(8-10(13)15)6-9-4-2-3-5-12-9/h2-5H,6-8H2,1H3. The van der Waals surface area contributed by atoms with Crippen molar-refractivity contribution in [2.45, 2.75) is 6.54 Å². The summed E-state index contributed by atoms with van der Waals surface area (Å²) in [6.07, 6.45) is 1.68. The Labute approximate surface area is 93.7 Å². The lowest BCUT2D eigenvalue weighted by molar-refractivity contribution is -0.149. The third-order valence-electron chi connectivity index (χ3n) is 2.56. The van der Waals surface area contributed by atoms with Crippen molar-refractivity contribution < 1.29 is 9.59 Å². The molecule has 2 heterocycles. The molecule has 0 bridgehead atoms. The Morgan fingerprint density at radius 3 is 2.75 bits per heavy atom. The van der Waals surface area contributed by atoms with Crippen LogP contribution in [0.15, 0.2) is 24.4 Å². The Morgan fingerprint density at radius 1 is 1.25 bits per heavy atom. The fourth-order valence-electron chi connectivity index (χ4n) is 1.59. The Balaban J connectivity index is 2.05. The molecule has 1 aliphatic heterocycles. The number of carbonyl (C=O) groups excluding carboxylic acids is 2. The van der Waals surface area contributed by atoms with Crippen LogP contribution in [0.2, 0.25) is 0 Å². The topological polar surface area (TPSA) is 53.5 Å². The molecule has 0 unspecified atom stereocenters. The summed E-state index contributed by atoms with van der Waals surface area (Å²) >= 11 is 0. The predicted octanol–water partition coefficient (Wildman–Crippen LogP) is -0.118. The molecule has 1 fully saturated rings. The molecule has 0 radical (unpaired) electrons. The Hall–Kier alpha value is -1.91. The normalized spacial score (nSPS) is 16.8. The van der Waals surface area contributed by atoms with Gasteiger partial charge in [-0.05, 0) is 12.1 Å². The summed E-state index contributed by atoms with van der Waals surface area (Å²) in [6.45, 7) is 0.705. The minimum atomic E-state index is -0.0345. The summed E-state index contributed by atoms with van der Waals surface area (Å²) in [5, 5.41) is 0. The highest BCUT2D eigenvalue weighted by atomic mass is 16.2. The molecule has 0 spiro atoms. The molecule has 16 heavy (non-hydrogen) atoms. The predicted molar refractivity (Wildman–Crippen MR) is 57.3 cm³/mol. The molecule has 1 aromatic heterocycles. The number of nitrogens with zero attached hydrogens (tertiary/aromatic N) is 3. The summed E-state index contributed by atoms with van der Waals surface area (Å²) in [4.78, 5) is 30.2. The van der Waals surface area contributed by atoms with E-state index in [1.54, 1.807) is 13.2 Å². The van der Waals surface area contributed by atoms with Crippen LogP contribution < -0.4 is 0 Å². The van der Waals surface area contributed by atoms with Crippen LogP contribution in [0.1, 0.15) is 5.69 Å². The third-order valence-corrected chi connectivity index (χ3v) is 2.56. The van der Waals surface area contributed by atoms with Gasteiger partial charge in [0.2, 0.25) is 11.8 Å². The van der Waals surface area contributed by atoms with Crippen molar-refractivity contribution in [3.05, 3.63) is 30.1 Å². The summed E-state index contributed by atoms with van der Waals surface area (Å²) in [6, 6.07) is 5.53. The van der Waals surface area contributed by atoms with Crippen LogP contribution in [0.25, 0.3) is 0 Å². The maximum atomic E-state index is 11.7. The number of rotatable bonds is 2. The van der Waals surface area contributed by atoms with Crippen molar-refractivity contribution in [1.82, 2.24) is 14.8 Å². The van der Waals surface area contributed by atoms with Gasteiger partial charge in [0, 0.05) is 13.2 Å². The first-order chi connectivity index (χ1) is 7.66. The smallest absolute Gasteiger partial charge is 0.243 e. The fourth-order valence-corrected chi connectivity index (χ4v) is 1.59. The van der Waals surface area contributed by atoms with Crippen molar-refractivity contribution in [1.29, 1.82) is 0 Å². The molecular weight excluding hydrogens is 206 g/mol. The van der Waals surface area contributed by atoms with E-state index in [0.29, 0.717) is 6.54 Å². The molecule has 0 N–H and O–H groups in total. The van der Waals surface area contributed by atoms with Crippen LogP contribution in [0.5, 0.6) is 0 Å². The van der Waals surface area contributed by atoms with Crippen LogP contribution in [-0.2, 0) is 16.1 Å². The number of aromatic nitrogens is 1. The lowest BCUT2D eigenvalue weighted by Crippen LogP contribution is -2.51. The van der Waals surface area contributed by atoms with E-state index in [9.17, 15) is 9.59 Å². The highest BCUT2D eigenvalue weighted by molar-refractivity contribution is 5.92. The largest absolute Gasteiger partial charge is 0.335 e. The zero-order valence-electron chi connectivity index (χ0n) is 9.09. The van der Waals surface area contributed by atoms with E-state index in [0.717, 1.165) is 5.69 Å². The quantitative estimate of drug-likeness (QED) is 0.697. The fraction of sp³-hybridized carbons (Fsp3) is 0.364. The van der Waals surface area contributed by atoms with Crippen LogP contribution in [-0.4, -0.2) is 46.7 Å². The first-order valence-electron chi connectivity index (χ1n) is 5.08. The molecule has 0 atom stereocenters. The minimum Gasteiger partial charge on any atom is -0.335 e. The van der Waals surface area contributed by atoms with E-state index in [1.165, 1.54) is 9.80 Å². The first kappa shape index (κ1) is 10.6. The summed E-state index contributed by atoms with van der Waals surface area (Å²) in [7, 11) is 1.64. The third kappa shape index (κ3) is 2.18. The van der Waals surface area contributed by atoms with Gasteiger partial charge in [0.05, 0.1) is 18.8 Å². The Bertz CT molecular complexity index is 405. The number of hydrogen-bond acceptors (Lipinski definition) is 3. The summed E-state index contributed by atoms with van der Waals surface area (Å²) < 4.78 is 0. The first-order valence-corrected chi connectivity index (χ1v) is 5.08. The zero-order valence-corrected chi connectivity index (χ0v) is 9.09. The average Bonchev–Trinajstić information content (AvgIpc) is 2.27. The number of hydrogen-bond donors (Lipinski definition) is 0. The lowest BCUT2D eigenvalue weighted by Gasteiger charge is -2.31. The van der Waals surface area contributed by atoms with Gasteiger partial charge in [-0.25, -0.2) is 0 Å². The van der Waals surface area contributed by atoms with Crippen LogP contribution >= 0.6 is 0 Å². The Kier molecular flexibility index (Phi) is 2.85. The zero-order chi connectivity index (χ0) is 11.5. The van der Waals surface area contributed by atoms with Crippen LogP contribution in [0.3, 0.4) is 0 Å². The van der Waals surface area contributed by atoms with Crippen LogP contribution in [0, 0.1) is 0 Å². The van der Waals surface area contributed by atoms with Crippen molar-refractivity contribution >= 4 is 11.8 Å². The average molecular weight is 219 g/mol. The van der Waals surface area contributed by atoms with Gasteiger partial charge in [0.15, 0.2) is 0 Å². The van der Waals surface area contributed by atoms with Gasteiger partial charge in [-0.15, -0.1) is 0 Å². The molecular formula is C11H13N3O2. The van der Waals surface area contributed by atoms with Crippen molar-refractivity contribution in [2.75, 3.05) is 20.1 Å². The number of piperazine rings is 1. The molecule has 2 amide bonds. The van der Waals surface area contributed by atoms with Crippen molar-refractivity contribution in [2.24, 2.45) is 0 Å². The van der Waals surface area contributed by atoms with Gasteiger partial charge < -0.3 is 9.80 Å². The maximum Gasteiger partial charge on any atom is 0.243 e. The second kappa shape index (κ2) is 4.30.